The number of allylic oxidation sites excluding steroid dienone is 1. The van der Waals surface area contributed by atoms with E-state index in [1.165, 1.54) is 0 Å². The summed E-state index contributed by atoms with van der Waals surface area (Å²) in [6, 6.07) is 15.8. The minimum atomic E-state index is 0.0967. The minimum absolute atomic E-state index is 0.0967. The molecule has 5 nitrogen and oxygen atoms in total. The summed E-state index contributed by atoms with van der Waals surface area (Å²) in [4.78, 5) is 18.0. The number of carbonyl (C=O) groups excluding carboxylic acids is 1. The van der Waals surface area contributed by atoms with Gasteiger partial charge in [-0.05, 0) is 29.7 Å². The van der Waals surface area contributed by atoms with E-state index >= 15 is 0 Å². The molecule has 0 aromatic heterocycles. The zero-order valence-electron chi connectivity index (χ0n) is 16.4. The lowest BCUT2D eigenvalue weighted by atomic mass is 9.91. The average Bonchev–Trinajstić information content (AvgIpc) is 3.07. The van der Waals surface area contributed by atoms with Crippen molar-refractivity contribution in [1.29, 1.82) is 5.26 Å². The highest BCUT2D eigenvalue weighted by Crippen LogP contribution is 2.45. The van der Waals surface area contributed by atoms with Crippen LogP contribution in [0.5, 0.6) is 0 Å². The zero-order valence-corrected chi connectivity index (χ0v) is 16.4. The number of nitrogens with zero attached hydrogens (tertiary/aromatic N) is 3. The molecule has 1 saturated heterocycles. The number of benzene rings is 2. The average molecular weight is 385 g/mol. The van der Waals surface area contributed by atoms with E-state index in [1.807, 2.05) is 36.4 Å². The fraction of sp³-hybridized carbons (Fsp3) is 0.333. The van der Waals surface area contributed by atoms with Crippen molar-refractivity contribution in [2.75, 3.05) is 39.4 Å². The first-order valence-corrected chi connectivity index (χ1v) is 10.2. The molecular weight excluding hydrogens is 362 g/mol. The number of nitriles is 1. The number of carbonyl (C=O) groups is 1. The first-order chi connectivity index (χ1) is 14.3. The third-order valence-electron chi connectivity index (χ3n) is 6.08. The summed E-state index contributed by atoms with van der Waals surface area (Å²) in [5, 5.41) is 9.31. The second-order valence-electron chi connectivity index (χ2n) is 7.81. The molecule has 0 saturated carbocycles. The van der Waals surface area contributed by atoms with Gasteiger partial charge in [0.25, 0.3) is 0 Å². The van der Waals surface area contributed by atoms with Crippen molar-refractivity contribution < 1.29 is 9.53 Å². The molecule has 5 rings (SSSR count). The molecule has 0 atom stereocenters. The maximum Gasteiger partial charge on any atom is 0.196 e. The predicted molar refractivity (Wildman–Crippen MR) is 111 cm³/mol. The summed E-state index contributed by atoms with van der Waals surface area (Å²) >= 11 is 0. The Morgan fingerprint density at radius 3 is 2.59 bits per heavy atom. The van der Waals surface area contributed by atoms with E-state index in [0.717, 1.165) is 85.9 Å². The van der Waals surface area contributed by atoms with E-state index in [9.17, 15) is 10.1 Å². The number of fused-ring (bicyclic) bond motifs is 4. The molecule has 1 aliphatic carbocycles. The fourth-order valence-corrected chi connectivity index (χ4v) is 4.67. The largest absolute Gasteiger partial charge is 0.379 e. The molecular formula is C24H23N3O2. The van der Waals surface area contributed by atoms with E-state index in [2.05, 4.69) is 21.9 Å². The number of rotatable bonds is 4. The summed E-state index contributed by atoms with van der Waals surface area (Å²) in [5.41, 5.74) is 6.36. The number of morpholine rings is 1. The van der Waals surface area contributed by atoms with Gasteiger partial charge in [-0.2, -0.15) is 5.26 Å². The van der Waals surface area contributed by atoms with Gasteiger partial charge in [-0.1, -0.05) is 30.3 Å². The van der Waals surface area contributed by atoms with Crippen molar-refractivity contribution in [3.8, 4) is 6.07 Å². The molecule has 146 valence electrons. The fourth-order valence-electron chi connectivity index (χ4n) is 4.67. The van der Waals surface area contributed by atoms with Crippen LogP contribution < -0.4 is 0 Å². The lowest BCUT2D eigenvalue weighted by molar-refractivity contribution is 0.0366. The normalized spacial score (nSPS) is 18.3. The molecule has 0 bridgehead atoms. The van der Waals surface area contributed by atoms with Gasteiger partial charge in [-0.25, -0.2) is 0 Å². The Hall–Kier alpha value is -2.94. The van der Waals surface area contributed by atoms with Crippen molar-refractivity contribution >= 4 is 17.1 Å². The van der Waals surface area contributed by atoms with Crippen molar-refractivity contribution in [3.63, 3.8) is 0 Å². The Morgan fingerprint density at radius 1 is 1.00 bits per heavy atom. The highest BCUT2D eigenvalue weighted by molar-refractivity contribution is 6.40. The quantitative estimate of drug-likeness (QED) is 0.809. The van der Waals surface area contributed by atoms with Crippen LogP contribution in [0.2, 0.25) is 0 Å². The number of hydrogen-bond donors (Lipinski definition) is 0. The van der Waals surface area contributed by atoms with Crippen LogP contribution in [0.4, 0.5) is 0 Å². The van der Waals surface area contributed by atoms with E-state index < -0.39 is 0 Å². The molecule has 2 heterocycles. The lowest BCUT2D eigenvalue weighted by Gasteiger charge is -2.34. The van der Waals surface area contributed by atoms with Crippen molar-refractivity contribution in [2.24, 2.45) is 0 Å². The summed E-state index contributed by atoms with van der Waals surface area (Å²) in [5.74, 6) is 0.0967. The monoisotopic (exact) mass is 385 g/mol. The van der Waals surface area contributed by atoms with Crippen LogP contribution in [-0.2, 0) is 11.3 Å². The smallest absolute Gasteiger partial charge is 0.196 e. The van der Waals surface area contributed by atoms with Gasteiger partial charge in [0.2, 0.25) is 0 Å². The molecule has 0 N–H and O–H groups in total. The highest BCUT2D eigenvalue weighted by Gasteiger charge is 2.37. The number of ether oxygens (including phenoxy) is 1. The van der Waals surface area contributed by atoms with E-state index in [1.54, 1.807) is 0 Å². The first-order valence-electron chi connectivity index (χ1n) is 10.2. The van der Waals surface area contributed by atoms with Gasteiger partial charge in [-0.3, -0.25) is 9.69 Å². The highest BCUT2D eigenvalue weighted by atomic mass is 16.5. The molecule has 2 aromatic carbocycles. The van der Waals surface area contributed by atoms with Crippen LogP contribution in [-0.4, -0.2) is 55.0 Å². The Kier molecular flexibility index (Phi) is 4.67. The van der Waals surface area contributed by atoms with Gasteiger partial charge in [0.15, 0.2) is 5.78 Å². The standard InChI is InChI=1S/C24H23N3O2/c25-15-17-6-7-19-18(14-17)16-27(9-3-8-26-10-12-29-13-11-26)23-20-4-1-2-5-21(20)24(28)22(19)23/h1-2,4-7,14H,3,8-13,16H2. The number of ketones is 1. The lowest BCUT2D eigenvalue weighted by Crippen LogP contribution is -2.38. The third kappa shape index (κ3) is 3.15. The van der Waals surface area contributed by atoms with Crippen LogP contribution in [0, 0.1) is 11.3 Å². The second-order valence-corrected chi connectivity index (χ2v) is 7.81. The van der Waals surface area contributed by atoms with Crippen LogP contribution in [0.1, 0.15) is 39.0 Å². The molecule has 2 aromatic rings. The minimum Gasteiger partial charge on any atom is -0.379 e. The Balaban J connectivity index is 1.48. The van der Waals surface area contributed by atoms with Gasteiger partial charge in [0, 0.05) is 43.9 Å². The molecule has 1 fully saturated rings. The number of hydrogen-bond acceptors (Lipinski definition) is 5. The summed E-state index contributed by atoms with van der Waals surface area (Å²) in [6.07, 6.45) is 1.03. The number of Topliss-reactive ketones (excluding diaryl/α,β-unsaturated/α-hetero) is 1. The van der Waals surface area contributed by atoms with Crippen LogP contribution in [0.15, 0.2) is 42.5 Å². The van der Waals surface area contributed by atoms with E-state index in [4.69, 9.17) is 4.74 Å². The Labute approximate surface area is 170 Å². The van der Waals surface area contributed by atoms with Gasteiger partial charge in [-0.15, -0.1) is 0 Å². The Bertz CT molecular complexity index is 1040. The van der Waals surface area contributed by atoms with E-state index in [-0.39, 0.29) is 5.78 Å². The third-order valence-corrected chi connectivity index (χ3v) is 6.08. The van der Waals surface area contributed by atoms with E-state index in [0.29, 0.717) is 5.56 Å². The maximum atomic E-state index is 13.2. The van der Waals surface area contributed by atoms with Crippen molar-refractivity contribution in [1.82, 2.24) is 9.80 Å². The summed E-state index contributed by atoms with van der Waals surface area (Å²) < 4.78 is 5.44. The summed E-state index contributed by atoms with van der Waals surface area (Å²) in [7, 11) is 0. The second kappa shape index (κ2) is 7.47. The molecule has 0 radical (unpaired) electrons. The Morgan fingerprint density at radius 2 is 1.79 bits per heavy atom. The molecule has 3 aliphatic rings. The summed E-state index contributed by atoms with van der Waals surface area (Å²) in [6.45, 7) is 6.25. The topological polar surface area (TPSA) is 56.6 Å². The molecule has 0 unspecified atom stereocenters. The SMILES string of the molecule is N#Cc1ccc2c(c1)CN(CCCN1CCOCC1)C1=C2C(=O)c2ccccc21. The van der Waals surface area contributed by atoms with Crippen LogP contribution in [0.25, 0.3) is 11.3 Å². The predicted octanol–water partition coefficient (Wildman–Crippen LogP) is 3.16. The van der Waals surface area contributed by atoms with Gasteiger partial charge < -0.3 is 9.64 Å². The van der Waals surface area contributed by atoms with Gasteiger partial charge in [0.05, 0.1) is 36.1 Å². The zero-order chi connectivity index (χ0) is 19.8. The van der Waals surface area contributed by atoms with Crippen LogP contribution >= 0.6 is 0 Å². The molecule has 5 heteroatoms. The van der Waals surface area contributed by atoms with Crippen LogP contribution in [0.3, 0.4) is 0 Å². The van der Waals surface area contributed by atoms with Crippen molar-refractivity contribution in [2.45, 2.75) is 13.0 Å². The first kappa shape index (κ1) is 18.1. The van der Waals surface area contributed by atoms with Gasteiger partial charge in [0.1, 0.15) is 0 Å². The molecule has 0 amide bonds. The van der Waals surface area contributed by atoms with Crippen molar-refractivity contribution in [3.05, 3.63) is 70.3 Å². The van der Waals surface area contributed by atoms with Gasteiger partial charge >= 0.3 is 0 Å². The molecule has 0 spiro atoms. The maximum absolute atomic E-state index is 13.2. The molecule has 29 heavy (non-hydrogen) atoms. The molecule has 2 aliphatic heterocycles.